The Kier molecular flexibility index (Phi) is 7.76. The first kappa shape index (κ1) is 22.3. The van der Waals surface area contributed by atoms with E-state index in [0.717, 1.165) is 17.7 Å². The first-order valence-corrected chi connectivity index (χ1v) is 11.4. The number of ether oxygens (including phenoxy) is 3. The predicted octanol–water partition coefficient (Wildman–Crippen LogP) is 6.81. The molecule has 0 amide bonds. The monoisotopic (exact) mass is 427 g/mol. The Balaban J connectivity index is 1.40. The average molecular weight is 428 g/mol. The Morgan fingerprint density at radius 3 is 1.91 bits per heavy atom. The molecule has 3 nitrogen and oxygen atoms in total. The van der Waals surface area contributed by atoms with Gasteiger partial charge >= 0.3 is 0 Å². The lowest BCUT2D eigenvalue weighted by Gasteiger charge is -2.19. The van der Waals surface area contributed by atoms with Gasteiger partial charge in [0.25, 0.3) is 0 Å². The molecule has 0 saturated heterocycles. The molecule has 0 fully saturated rings. The topological polar surface area (TPSA) is 27.7 Å². The Morgan fingerprint density at radius 2 is 1.31 bits per heavy atom. The summed E-state index contributed by atoms with van der Waals surface area (Å²) in [6.07, 6.45) is 5.08. The van der Waals surface area contributed by atoms with Gasteiger partial charge in [-0.2, -0.15) is 0 Å². The molecule has 1 aliphatic carbocycles. The fourth-order valence-electron chi connectivity index (χ4n) is 3.84. The molecule has 1 unspecified atom stereocenters. The highest BCUT2D eigenvalue weighted by Crippen LogP contribution is 2.38. The molecule has 3 heteroatoms. The van der Waals surface area contributed by atoms with Gasteiger partial charge in [-0.25, -0.2) is 0 Å². The molecule has 0 spiro atoms. The van der Waals surface area contributed by atoms with Crippen molar-refractivity contribution in [2.45, 2.75) is 39.1 Å². The van der Waals surface area contributed by atoms with Crippen molar-refractivity contribution < 1.29 is 14.2 Å². The van der Waals surface area contributed by atoms with E-state index in [1.54, 1.807) is 0 Å². The van der Waals surface area contributed by atoms with E-state index >= 15 is 0 Å². The summed E-state index contributed by atoms with van der Waals surface area (Å²) in [6, 6.07) is 27.4. The van der Waals surface area contributed by atoms with Gasteiger partial charge in [-0.3, -0.25) is 0 Å². The summed E-state index contributed by atoms with van der Waals surface area (Å²) in [5.74, 6) is 1.26. The Morgan fingerprint density at radius 1 is 0.688 bits per heavy atom. The van der Waals surface area contributed by atoms with E-state index in [-0.39, 0.29) is 6.29 Å². The standard InChI is InChI=1S/C29H31O3/c1-3-30-29(31-4-2)26-16-14-25(15-17-26)28(24-12-13-24)20-22-10-18-27(19-11-22)32-21-23-8-6-5-7-9-23/h5-19,28-29H,3-4,20-21H2,1-2H3. The highest BCUT2D eigenvalue weighted by Gasteiger charge is 2.23. The molecule has 1 atom stereocenters. The van der Waals surface area contributed by atoms with Crippen LogP contribution in [0.2, 0.25) is 0 Å². The molecule has 32 heavy (non-hydrogen) atoms. The number of allylic oxidation sites excluding steroid dienone is 2. The van der Waals surface area contributed by atoms with Crippen molar-refractivity contribution in [1.82, 2.24) is 0 Å². The van der Waals surface area contributed by atoms with Crippen LogP contribution in [0.1, 0.15) is 48.3 Å². The van der Waals surface area contributed by atoms with E-state index in [2.05, 4.69) is 73.2 Å². The van der Waals surface area contributed by atoms with Gasteiger partial charge in [0.1, 0.15) is 12.4 Å². The summed E-state index contributed by atoms with van der Waals surface area (Å²) < 4.78 is 17.4. The van der Waals surface area contributed by atoms with Crippen molar-refractivity contribution in [3.63, 3.8) is 0 Å². The van der Waals surface area contributed by atoms with Gasteiger partial charge in [0.05, 0.1) is 0 Å². The fraction of sp³-hybridized carbons (Fsp3) is 0.276. The number of hydrogen-bond acceptors (Lipinski definition) is 3. The van der Waals surface area contributed by atoms with Gasteiger partial charge < -0.3 is 14.2 Å². The minimum absolute atomic E-state index is 0.298. The van der Waals surface area contributed by atoms with Gasteiger partial charge in [0.15, 0.2) is 6.29 Å². The van der Waals surface area contributed by atoms with Crippen LogP contribution in [0.4, 0.5) is 0 Å². The maximum Gasteiger partial charge on any atom is 0.183 e. The zero-order chi connectivity index (χ0) is 22.2. The van der Waals surface area contributed by atoms with Crippen LogP contribution >= 0.6 is 0 Å². The SMILES string of the molecule is CCOC(OCC)c1ccc(C(Cc2ccc(OCc3ccccc3)cc2)C2=C[CH]2)cc1. The second kappa shape index (κ2) is 11.1. The minimum Gasteiger partial charge on any atom is -0.489 e. The van der Waals surface area contributed by atoms with Gasteiger partial charge in [0.2, 0.25) is 0 Å². The Hall–Kier alpha value is -2.88. The predicted molar refractivity (Wildman–Crippen MR) is 128 cm³/mol. The van der Waals surface area contributed by atoms with Gasteiger partial charge in [-0.05, 0) is 49.1 Å². The van der Waals surface area contributed by atoms with Crippen molar-refractivity contribution in [3.8, 4) is 5.75 Å². The van der Waals surface area contributed by atoms with E-state index in [9.17, 15) is 0 Å². The fourth-order valence-corrected chi connectivity index (χ4v) is 3.84. The van der Waals surface area contributed by atoms with E-state index < -0.39 is 0 Å². The summed E-state index contributed by atoms with van der Waals surface area (Å²) in [6.45, 7) is 5.82. The van der Waals surface area contributed by atoms with E-state index in [4.69, 9.17) is 14.2 Å². The lowest BCUT2D eigenvalue weighted by atomic mass is 9.89. The first-order valence-electron chi connectivity index (χ1n) is 11.4. The zero-order valence-corrected chi connectivity index (χ0v) is 18.9. The lowest BCUT2D eigenvalue weighted by Crippen LogP contribution is -2.09. The van der Waals surface area contributed by atoms with Crippen molar-refractivity contribution in [1.29, 1.82) is 0 Å². The van der Waals surface area contributed by atoms with Gasteiger partial charge in [-0.1, -0.05) is 78.4 Å². The maximum atomic E-state index is 5.93. The summed E-state index contributed by atoms with van der Waals surface area (Å²) >= 11 is 0. The van der Waals surface area contributed by atoms with Crippen LogP contribution in [-0.2, 0) is 22.5 Å². The molecule has 3 aromatic carbocycles. The lowest BCUT2D eigenvalue weighted by molar-refractivity contribution is -0.140. The van der Waals surface area contributed by atoms with Crippen LogP contribution < -0.4 is 4.74 Å². The molecule has 165 valence electrons. The number of rotatable bonds is 12. The van der Waals surface area contributed by atoms with E-state index in [0.29, 0.717) is 25.7 Å². The van der Waals surface area contributed by atoms with Gasteiger partial charge in [-0.15, -0.1) is 0 Å². The number of benzene rings is 3. The molecule has 0 bridgehead atoms. The summed E-state index contributed by atoms with van der Waals surface area (Å²) in [4.78, 5) is 0. The highest BCUT2D eigenvalue weighted by molar-refractivity contribution is 5.49. The zero-order valence-electron chi connectivity index (χ0n) is 18.9. The molecule has 0 aromatic heterocycles. The molecule has 3 aromatic rings. The molecular weight excluding hydrogens is 396 g/mol. The normalized spacial score (nSPS) is 13.7. The molecule has 4 rings (SSSR count). The minimum atomic E-state index is -0.298. The molecule has 0 heterocycles. The third-order valence-electron chi connectivity index (χ3n) is 5.62. The Bertz CT molecular complexity index is 985. The van der Waals surface area contributed by atoms with Crippen LogP contribution in [0.5, 0.6) is 5.75 Å². The maximum absolute atomic E-state index is 5.93. The van der Waals surface area contributed by atoms with E-state index in [1.165, 1.54) is 22.3 Å². The summed E-state index contributed by atoms with van der Waals surface area (Å²) in [7, 11) is 0. The third kappa shape index (κ3) is 6.09. The van der Waals surface area contributed by atoms with Crippen molar-refractivity contribution in [3.05, 3.63) is 119 Å². The molecular formula is C29H31O3. The van der Waals surface area contributed by atoms with Crippen molar-refractivity contribution in [2.24, 2.45) is 0 Å². The molecule has 0 N–H and O–H groups in total. The summed E-state index contributed by atoms with van der Waals surface area (Å²) in [5, 5.41) is 0. The van der Waals surface area contributed by atoms with Crippen LogP contribution in [0.3, 0.4) is 0 Å². The average Bonchev–Trinajstić information content (AvgIpc) is 3.68. The third-order valence-corrected chi connectivity index (χ3v) is 5.62. The van der Waals surface area contributed by atoms with Crippen LogP contribution in [0, 0.1) is 6.42 Å². The molecule has 0 saturated carbocycles. The second-order valence-electron chi connectivity index (χ2n) is 7.92. The molecule has 0 aliphatic heterocycles. The van der Waals surface area contributed by atoms with E-state index in [1.807, 2.05) is 32.0 Å². The van der Waals surface area contributed by atoms with Gasteiger partial charge in [0, 0.05) is 31.1 Å². The number of hydrogen-bond donors (Lipinski definition) is 0. The van der Waals surface area contributed by atoms with Crippen LogP contribution in [0.25, 0.3) is 0 Å². The van der Waals surface area contributed by atoms with Crippen LogP contribution in [0.15, 0.2) is 90.5 Å². The second-order valence-corrected chi connectivity index (χ2v) is 7.92. The Labute approximate surface area is 191 Å². The quantitative estimate of drug-likeness (QED) is 0.297. The van der Waals surface area contributed by atoms with Crippen LogP contribution in [-0.4, -0.2) is 13.2 Å². The van der Waals surface area contributed by atoms with Crippen molar-refractivity contribution in [2.75, 3.05) is 13.2 Å². The van der Waals surface area contributed by atoms with Crippen molar-refractivity contribution >= 4 is 0 Å². The smallest absolute Gasteiger partial charge is 0.183 e. The molecule has 1 radical (unpaired) electrons. The first-order chi connectivity index (χ1) is 15.8. The largest absolute Gasteiger partial charge is 0.489 e. The molecule has 1 aliphatic rings. The highest BCUT2D eigenvalue weighted by atomic mass is 16.7. The summed E-state index contributed by atoms with van der Waals surface area (Å²) in [5.41, 5.74) is 6.24.